The molecule has 1 saturated heterocycles. The fourth-order valence-electron chi connectivity index (χ4n) is 3.76. The van der Waals surface area contributed by atoms with E-state index in [9.17, 15) is 4.79 Å². The number of hydrogen-bond acceptors (Lipinski definition) is 4. The van der Waals surface area contributed by atoms with Gasteiger partial charge in [-0.25, -0.2) is 10.9 Å². The molecule has 1 fully saturated rings. The Balaban J connectivity index is 1.37. The third-order valence-corrected chi connectivity index (χ3v) is 5.25. The van der Waals surface area contributed by atoms with Crippen LogP contribution in [-0.4, -0.2) is 16.9 Å². The fraction of sp³-hybridized carbons (Fsp3) is 0.400. The number of carbonyl (C=O) groups excluding carboxylic acids is 1. The number of hydrogen-bond donors (Lipinski definition) is 3. The number of rotatable bonds is 4. The van der Waals surface area contributed by atoms with Crippen LogP contribution < -0.4 is 16.2 Å². The molecule has 4 rings (SSSR count). The predicted molar refractivity (Wildman–Crippen MR) is 96.7 cm³/mol. The van der Waals surface area contributed by atoms with E-state index < -0.39 is 0 Å². The minimum absolute atomic E-state index is 0.00843. The Bertz CT molecular complexity index is 762. The van der Waals surface area contributed by atoms with Crippen LogP contribution in [-0.2, 0) is 17.6 Å². The monoisotopic (exact) mass is 336 g/mol. The van der Waals surface area contributed by atoms with E-state index >= 15 is 0 Å². The molecule has 1 amide bonds. The first-order chi connectivity index (χ1) is 12.2. The molecule has 5 nitrogen and oxygen atoms in total. The summed E-state index contributed by atoms with van der Waals surface area (Å²) >= 11 is 0. The van der Waals surface area contributed by atoms with E-state index in [2.05, 4.69) is 39.4 Å². The lowest BCUT2D eigenvalue weighted by Crippen LogP contribution is -2.43. The maximum Gasteiger partial charge on any atom is 0.239 e. The van der Waals surface area contributed by atoms with Gasteiger partial charge in [-0.05, 0) is 61.4 Å². The number of fused-ring (bicyclic) bond motifs is 1. The Labute approximate surface area is 148 Å². The largest absolute Gasteiger partial charge is 0.348 e. The van der Waals surface area contributed by atoms with Crippen molar-refractivity contribution in [3.8, 4) is 0 Å². The molecule has 2 heterocycles. The number of carbonyl (C=O) groups is 1. The number of pyridine rings is 1. The molecular formula is C20H24N4O. The summed E-state index contributed by atoms with van der Waals surface area (Å²) < 4.78 is 0. The highest BCUT2D eigenvalue weighted by Crippen LogP contribution is 2.26. The van der Waals surface area contributed by atoms with Gasteiger partial charge in [-0.15, -0.1) is 0 Å². The Morgan fingerprint density at radius 1 is 1.20 bits per heavy atom. The van der Waals surface area contributed by atoms with Crippen molar-refractivity contribution < 1.29 is 4.79 Å². The minimum Gasteiger partial charge on any atom is -0.348 e. The molecule has 0 radical (unpaired) electrons. The minimum atomic E-state index is -0.246. The molecule has 3 N–H and O–H groups in total. The summed E-state index contributed by atoms with van der Waals surface area (Å²) in [4.78, 5) is 17.0. The Hall–Kier alpha value is -2.24. The van der Waals surface area contributed by atoms with E-state index in [0.29, 0.717) is 6.42 Å². The number of aryl methyl sites for hydroxylation is 2. The normalized spacial score (nSPS) is 23.2. The van der Waals surface area contributed by atoms with Crippen LogP contribution >= 0.6 is 0 Å². The second-order valence-electron chi connectivity index (χ2n) is 7.00. The molecular weight excluding hydrogens is 312 g/mol. The van der Waals surface area contributed by atoms with Crippen LogP contribution in [0.3, 0.4) is 0 Å². The highest BCUT2D eigenvalue weighted by atomic mass is 16.2. The summed E-state index contributed by atoms with van der Waals surface area (Å²) in [6, 6.07) is 12.3. The molecule has 5 heteroatoms. The van der Waals surface area contributed by atoms with Crippen LogP contribution in [0, 0.1) is 0 Å². The lowest BCUT2D eigenvalue weighted by atomic mass is 10.0. The third kappa shape index (κ3) is 3.43. The summed E-state index contributed by atoms with van der Waals surface area (Å²) in [7, 11) is 0. The molecule has 1 aliphatic carbocycles. The summed E-state index contributed by atoms with van der Waals surface area (Å²) in [6.07, 6.45) is 6.05. The molecule has 0 bridgehead atoms. The lowest BCUT2D eigenvalue weighted by molar-refractivity contribution is -0.123. The zero-order valence-electron chi connectivity index (χ0n) is 14.5. The number of nitrogens with one attached hydrogen (secondary N) is 3. The molecule has 2 aliphatic rings. The van der Waals surface area contributed by atoms with Crippen LogP contribution in [0.1, 0.15) is 54.2 Å². The van der Waals surface area contributed by atoms with E-state index in [1.807, 2.05) is 25.1 Å². The van der Waals surface area contributed by atoms with Crippen LogP contribution in [0.4, 0.5) is 0 Å². The van der Waals surface area contributed by atoms with Crippen LogP contribution in [0.15, 0.2) is 42.6 Å². The van der Waals surface area contributed by atoms with Crippen molar-refractivity contribution in [2.24, 2.45) is 0 Å². The van der Waals surface area contributed by atoms with Crippen molar-refractivity contribution in [3.05, 3.63) is 65.0 Å². The molecule has 3 atom stereocenters. The van der Waals surface area contributed by atoms with Crippen molar-refractivity contribution in [2.75, 3.05) is 0 Å². The number of benzene rings is 1. The number of amides is 1. The van der Waals surface area contributed by atoms with Crippen LogP contribution in [0.5, 0.6) is 0 Å². The number of aromatic nitrogens is 1. The SMILES string of the molecule is CC(NC(=O)C1CC(c2ccccn2)NN1)c1ccc2c(c1)CCC2. The molecule has 1 aromatic carbocycles. The van der Waals surface area contributed by atoms with Gasteiger partial charge in [0.2, 0.25) is 5.91 Å². The lowest BCUT2D eigenvalue weighted by Gasteiger charge is -2.18. The van der Waals surface area contributed by atoms with Gasteiger partial charge >= 0.3 is 0 Å². The van der Waals surface area contributed by atoms with Gasteiger partial charge in [0, 0.05) is 6.20 Å². The van der Waals surface area contributed by atoms with Crippen molar-refractivity contribution in [1.82, 2.24) is 21.2 Å². The molecule has 0 saturated carbocycles. The van der Waals surface area contributed by atoms with Crippen molar-refractivity contribution in [3.63, 3.8) is 0 Å². The summed E-state index contributed by atoms with van der Waals surface area (Å²) in [5, 5.41) is 3.14. The van der Waals surface area contributed by atoms with Gasteiger partial charge in [0.1, 0.15) is 6.04 Å². The standard InChI is InChI=1S/C20H24N4O/c1-13(15-9-8-14-5-4-6-16(14)11-15)22-20(25)19-12-18(23-24-19)17-7-2-3-10-21-17/h2-3,7-11,13,18-19,23-24H,4-6,12H2,1H3,(H,22,25). The zero-order chi connectivity index (χ0) is 17.2. The molecule has 0 spiro atoms. The molecule has 25 heavy (non-hydrogen) atoms. The Morgan fingerprint density at radius 2 is 2.08 bits per heavy atom. The van der Waals surface area contributed by atoms with E-state index in [-0.39, 0.29) is 24.0 Å². The number of nitrogens with zero attached hydrogens (tertiary/aromatic N) is 1. The average molecular weight is 336 g/mol. The van der Waals surface area contributed by atoms with Gasteiger partial charge in [-0.2, -0.15) is 0 Å². The highest BCUT2D eigenvalue weighted by Gasteiger charge is 2.31. The van der Waals surface area contributed by atoms with Gasteiger partial charge in [0.25, 0.3) is 0 Å². The van der Waals surface area contributed by atoms with E-state index in [1.165, 1.54) is 29.5 Å². The number of hydrazine groups is 1. The van der Waals surface area contributed by atoms with Crippen LogP contribution in [0.2, 0.25) is 0 Å². The van der Waals surface area contributed by atoms with E-state index in [0.717, 1.165) is 12.1 Å². The Kier molecular flexibility index (Phi) is 4.51. The van der Waals surface area contributed by atoms with E-state index in [4.69, 9.17) is 0 Å². The first-order valence-electron chi connectivity index (χ1n) is 9.05. The third-order valence-electron chi connectivity index (χ3n) is 5.25. The summed E-state index contributed by atoms with van der Waals surface area (Å²) in [6.45, 7) is 2.05. The average Bonchev–Trinajstić information content (AvgIpc) is 3.31. The first-order valence-corrected chi connectivity index (χ1v) is 9.05. The molecule has 1 aliphatic heterocycles. The topological polar surface area (TPSA) is 66.0 Å². The van der Waals surface area contributed by atoms with Gasteiger partial charge < -0.3 is 5.32 Å². The first kappa shape index (κ1) is 16.2. The molecule has 2 aromatic rings. The Morgan fingerprint density at radius 3 is 2.92 bits per heavy atom. The van der Waals surface area contributed by atoms with Gasteiger partial charge in [-0.1, -0.05) is 24.3 Å². The van der Waals surface area contributed by atoms with Crippen molar-refractivity contribution >= 4 is 5.91 Å². The zero-order valence-corrected chi connectivity index (χ0v) is 14.5. The predicted octanol–water partition coefficient (Wildman–Crippen LogP) is 2.36. The quantitative estimate of drug-likeness (QED) is 0.802. The maximum absolute atomic E-state index is 12.6. The van der Waals surface area contributed by atoms with Crippen molar-refractivity contribution in [1.29, 1.82) is 0 Å². The highest BCUT2D eigenvalue weighted by molar-refractivity contribution is 5.82. The van der Waals surface area contributed by atoms with Gasteiger partial charge in [-0.3, -0.25) is 9.78 Å². The fourth-order valence-corrected chi connectivity index (χ4v) is 3.76. The van der Waals surface area contributed by atoms with E-state index in [1.54, 1.807) is 6.20 Å². The summed E-state index contributed by atoms with van der Waals surface area (Å²) in [5.41, 5.74) is 11.3. The molecule has 3 unspecified atom stereocenters. The maximum atomic E-state index is 12.6. The second-order valence-corrected chi connectivity index (χ2v) is 7.00. The van der Waals surface area contributed by atoms with Gasteiger partial charge in [0.05, 0.1) is 17.8 Å². The molecule has 1 aromatic heterocycles. The van der Waals surface area contributed by atoms with Crippen LogP contribution in [0.25, 0.3) is 0 Å². The second kappa shape index (κ2) is 6.94. The molecule has 130 valence electrons. The van der Waals surface area contributed by atoms with Gasteiger partial charge in [0.15, 0.2) is 0 Å². The summed E-state index contributed by atoms with van der Waals surface area (Å²) in [5.74, 6) is 0.0268. The van der Waals surface area contributed by atoms with Crippen molar-refractivity contribution in [2.45, 2.75) is 50.7 Å². The smallest absolute Gasteiger partial charge is 0.239 e.